The fourth-order valence-corrected chi connectivity index (χ4v) is 6.69. The first kappa shape index (κ1) is 20.0. The molecule has 4 aliphatic rings. The van der Waals surface area contributed by atoms with Crippen LogP contribution in [0.1, 0.15) is 49.7 Å². The number of carbonyl (C=O) groups is 2. The zero-order valence-corrected chi connectivity index (χ0v) is 17.3. The highest BCUT2D eigenvalue weighted by atomic mass is 32.2. The molecule has 0 spiro atoms. The van der Waals surface area contributed by atoms with Crippen molar-refractivity contribution in [2.45, 2.75) is 56.0 Å². The van der Waals surface area contributed by atoms with Crippen molar-refractivity contribution < 1.29 is 14.3 Å². The number of carbonyl (C=O) groups excluding carboxylic acids is 2. The van der Waals surface area contributed by atoms with Crippen molar-refractivity contribution in [2.24, 2.45) is 17.8 Å². The second kappa shape index (κ2) is 7.86. The highest BCUT2D eigenvalue weighted by molar-refractivity contribution is 7.99. The molecule has 0 saturated heterocycles. The highest BCUT2D eigenvalue weighted by Gasteiger charge is 2.51. The maximum absolute atomic E-state index is 12.4. The molecule has 4 aliphatic carbocycles. The van der Waals surface area contributed by atoms with Crippen LogP contribution in [0, 0.1) is 36.0 Å². The van der Waals surface area contributed by atoms with Crippen molar-refractivity contribution >= 4 is 23.6 Å². The highest BCUT2D eigenvalue weighted by Crippen LogP contribution is 2.55. The summed E-state index contributed by atoms with van der Waals surface area (Å²) in [7, 11) is 0. The minimum atomic E-state index is -0.554. The van der Waals surface area contributed by atoms with Gasteiger partial charge in [-0.25, -0.2) is 0 Å². The number of H-pyrrole nitrogens is 1. The first-order valence-corrected chi connectivity index (χ1v) is 11.1. The van der Waals surface area contributed by atoms with Crippen LogP contribution in [-0.2, 0) is 14.3 Å². The Morgan fingerprint density at radius 2 is 1.90 bits per heavy atom. The molecule has 0 aliphatic heterocycles. The number of amides is 1. The third-order valence-electron chi connectivity index (χ3n) is 6.46. The lowest BCUT2D eigenvalue weighted by Gasteiger charge is -2.56. The van der Waals surface area contributed by atoms with E-state index in [-0.39, 0.29) is 29.4 Å². The fourth-order valence-electron chi connectivity index (χ4n) is 5.82. The van der Waals surface area contributed by atoms with Crippen LogP contribution in [0.4, 0.5) is 0 Å². The van der Waals surface area contributed by atoms with Crippen molar-refractivity contribution in [1.29, 1.82) is 5.26 Å². The number of hydrogen-bond donors (Lipinski definition) is 2. The summed E-state index contributed by atoms with van der Waals surface area (Å²) in [5, 5.41) is 12.7. The number of nitrogens with zero attached hydrogens (tertiary/aromatic N) is 1. The minimum absolute atomic E-state index is 0.0846. The van der Waals surface area contributed by atoms with Crippen LogP contribution in [0.25, 0.3) is 0 Å². The van der Waals surface area contributed by atoms with Gasteiger partial charge in [-0.15, -0.1) is 0 Å². The predicted octanol–water partition coefficient (Wildman–Crippen LogP) is 2.28. The Morgan fingerprint density at radius 3 is 2.48 bits per heavy atom. The summed E-state index contributed by atoms with van der Waals surface area (Å²) < 4.78 is 5.13. The summed E-state index contributed by atoms with van der Waals surface area (Å²) in [6, 6.07) is 3.37. The van der Waals surface area contributed by atoms with E-state index in [0.29, 0.717) is 16.2 Å². The summed E-state index contributed by atoms with van der Waals surface area (Å²) in [4.78, 5) is 38.6. The van der Waals surface area contributed by atoms with E-state index in [4.69, 9.17) is 4.74 Å². The van der Waals surface area contributed by atoms with Crippen LogP contribution in [0.2, 0.25) is 0 Å². The SMILES string of the molecule is Cc1cc(=O)[nH]c(SCC(=O)OCC(=O)NC23CC4CC(CC(C4)C2)C3)c1C#N. The average Bonchev–Trinajstić information content (AvgIpc) is 2.62. The zero-order valence-electron chi connectivity index (χ0n) is 16.5. The molecule has 4 bridgehead atoms. The molecule has 0 radical (unpaired) electrons. The fraction of sp³-hybridized carbons (Fsp3) is 0.619. The van der Waals surface area contributed by atoms with Crippen molar-refractivity contribution in [1.82, 2.24) is 10.3 Å². The van der Waals surface area contributed by atoms with Gasteiger partial charge in [0.15, 0.2) is 6.61 Å². The molecule has 2 N–H and O–H groups in total. The van der Waals surface area contributed by atoms with Crippen LogP contribution in [0.5, 0.6) is 0 Å². The molecule has 1 aromatic rings. The third-order valence-corrected chi connectivity index (χ3v) is 7.43. The van der Waals surface area contributed by atoms with Gasteiger partial charge in [0.1, 0.15) is 6.07 Å². The topological polar surface area (TPSA) is 112 Å². The predicted molar refractivity (Wildman–Crippen MR) is 107 cm³/mol. The van der Waals surface area contributed by atoms with E-state index in [0.717, 1.165) is 48.8 Å². The largest absolute Gasteiger partial charge is 0.455 e. The molecule has 0 atom stereocenters. The molecule has 4 saturated carbocycles. The standard InChI is InChI=1S/C21H25N3O4S/c1-12-2-17(25)23-20(16(12)9-22)29-11-19(27)28-10-18(26)24-21-6-13-3-14(7-21)5-15(4-13)8-21/h2,13-15H,3-8,10-11H2,1H3,(H,23,25)(H,24,26). The van der Waals surface area contributed by atoms with Crippen LogP contribution in [-0.4, -0.2) is 34.8 Å². The number of aromatic amines is 1. The van der Waals surface area contributed by atoms with Crippen LogP contribution >= 0.6 is 11.8 Å². The Kier molecular flexibility index (Phi) is 5.43. The van der Waals surface area contributed by atoms with E-state index in [1.807, 2.05) is 6.07 Å². The molecule has 5 rings (SSSR count). The van der Waals surface area contributed by atoms with E-state index >= 15 is 0 Å². The van der Waals surface area contributed by atoms with Crippen LogP contribution in [0.15, 0.2) is 15.9 Å². The Bertz CT molecular complexity index is 898. The summed E-state index contributed by atoms with van der Waals surface area (Å²) in [6.07, 6.45) is 7.04. The molecule has 1 aromatic heterocycles. The van der Waals surface area contributed by atoms with Crippen molar-refractivity contribution in [3.8, 4) is 6.07 Å². The molecule has 0 unspecified atom stereocenters. The van der Waals surface area contributed by atoms with Gasteiger partial charge in [0.05, 0.1) is 16.3 Å². The second-order valence-corrected chi connectivity index (χ2v) is 9.81. The van der Waals surface area contributed by atoms with Gasteiger partial charge in [-0.05, 0) is 68.8 Å². The number of rotatable bonds is 6. The first-order chi connectivity index (χ1) is 13.9. The van der Waals surface area contributed by atoms with Gasteiger partial charge in [0.2, 0.25) is 5.56 Å². The summed E-state index contributed by atoms with van der Waals surface area (Å²) in [5.74, 6) is 1.30. The quantitative estimate of drug-likeness (QED) is 0.544. The van der Waals surface area contributed by atoms with E-state index in [9.17, 15) is 19.6 Å². The lowest BCUT2D eigenvalue weighted by atomic mass is 9.53. The van der Waals surface area contributed by atoms with E-state index in [1.165, 1.54) is 25.3 Å². The Balaban J connectivity index is 1.27. The van der Waals surface area contributed by atoms with Crippen molar-refractivity contribution in [3.05, 3.63) is 27.5 Å². The molecular formula is C21H25N3O4S. The second-order valence-electron chi connectivity index (χ2n) is 8.83. The molecule has 1 amide bonds. The molecule has 1 heterocycles. The molecule has 4 fully saturated rings. The number of nitrogens with one attached hydrogen (secondary N) is 2. The lowest BCUT2D eigenvalue weighted by Crippen LogP contribution is -2.60. The monoisotopic (exact) mass is 415 g/mol. The van der Waals surface area contributed by atoms with Crippen LogP contribution < -0.4 is 10.9 Å². The number of pyridine rings is 1. The number of hydrogen-bond acceptors (Lipinski definition) is 6. The number of ether oxygens (including phenoxy) is 1. The van der Waals surface area contributed by atoms with Gasteiger partial charge >= 0.3 is 5.97 Å². The minimum Gasteiger partial charge on any atom is -0.455 e. The summed E-state index contributed by atoms with van der Waals surface area (Å²) >= 11 is 1.03. The number of aromatic nitrogens is 1. The average molecular weight is 416 g/mol. The smallest absolute Gasteiger partial charge is 0.316 e. The molecule has 0 aromatic carbocycles. The third kappa shape index (κ3) is 4.35. The number of esters is 1. The molecule has 7 nitrogen and oxygen atoms in total. The van der Waals surface area contributed by atoms with Crippen molar-refractivity contribution in [3.63, 3.8) is 0 Å². The van der Waals surface area contributed by atoms with Gasteiger partial charge < -0.3 is 15.0 Å². The molecule has 8 heteroatoms. The van der Waals surface area contributed by atoms with Gasteiger partial charge in [-0.3, -0.25) is 14.4 Å². The maximum atomic E-state index is 12.4. The molecular weight excluding hydrogens is 390 g/mol. The normalized spacial score (nSPS) is 29.3. The zero-order chi connectivity index (χ0) is 20.6. The summed E-state index contributed by atoms with van der Waals surface area (Å²) in [6.45, 7) is 1.38. The van der Waals surface area contributed by atoms with E-state index in [1.54, 1.807) is 6.92 Å². The van der Waals surface area contributed by atoms with Gasteiger partial charge in [-0.1, -0.05) is 11.8 Å². The van der Waals surface area contributed by atoms with E-state index in [2.05, 4.69) is 10.3 Å². The van der Waals surface area contributed by atoms with Crippen LogP contribution in [0.3, 0.4) is 0 Å². The Hall–Kier alpha value is -2.27. The maximum Gasteiger partial charge on any atom is 0.316 e. The lowest BCUT2D eigenvalue weighted by molar-refractivity contribution is -0.147. The van der Waals surface area contributed by atoms with E-state index < -0.39 is 5.97 Å². The van der Waals surface area contributed by atoms with Gasteiger partial charge in [0.25, 0.3) is 5.91 Å². The van der Waals surface area contributed by atoms with Gasteiger partial charge in [0, 0.05) is 11.6 Å². The summed E-state index contributed by atoms with van der Waals surface area (Å²) in [5.41, 5.74) is 0.465. The van der Waals surface area contributed by atoms with Gasteiger partial charge in [-0.2, -0.15) is 5.26 Å². The molecule has 29 heavy (non-hydrogen) atoms. The Labute approximate surface area is 173 Å². The first-order valence-electron chi connectivity index (χ1n) is 10.1. The number of nitriles is 1. The van der Waals surface area contributed by atoms with Crippen molar-refractivity contribution in [2.75, 3.05) is 12.4 Å². The number of aryl methyl sites for hydroxylation is 1. The Morgan fingerprint density at radius 1 is 1.28 bits per heavy atom. The number of thioether (sulfide) groups is 1. The molecule has 154 valence electrons.